The topological polar surface area (TPSA) is 98.3 Å². The van der Waals surface area contributed by atoms with Crippen LogP contribution in [-0.4, -0.2) is 61.7 Å². The lowest BCUT2D eigenvalue weighted by Crippen LogP contribution is -2.39. The zero-order valence-corrected chi connectivity index (χ0v) is 21.1. The van der Waals surface area contributed by atoms with Crippen LogP contribution < -0.4 is 16.1 Å². The van der Waals surface area contributed by atoms with Crippen LogP contribution in [0.25, 0.3) is 21.4 Å². The molecule has 1 aromatic carbocycles. The van der Waals surface area contributed by atoms with E-state index in [4.69, 9.17) is 4.98 Å². The number of anilines is 1. The van der Waals surface area contributed by atoms with E-state index in [1.165, 1.54) is 33.8 Å². The van der Waals surface area contributed by atoms with E-state index in [0.717, 1.165) is 38.9 Å². The van der Waals surface area contributed by atoms with Crippen LogP contribution >= 0.6 is 11.3 Å². The summed E-state index contributed by atoms with van der Waals surface area (Å²) in [5.41, 5.74) is 2.70. The fourth-order valence-electron chi connectivity index (χ4n) is 3.95. The van der Waals surface area contributed by atoms with Gasteiger partial charge in [0.15, 0.2) is 16.3 Å². The Balaban J connectivity index is 1.73. The minimum atomic E-state index is -0.478. The molecular formula is C23H29N7O3S. The summed E-state index contributed by atoms with van der Waals surface area (Å²) in [7, 11) is 6.96. The Morgan fingerprint density at radius 2 is 1.82 bits per heavy atom. The number of rotatable bonds is 7. The fourth-order valence-corrected chi connectivity index (χ4v) is 5.02. The van der Waals surface area contributed by atoms with E-state index in [1.807, 2.05) is 34.0 Å². The Bertz CT molecular complexity index is 1510. The van der Waals surface area contributed by atoms with Gasteiger partial charge in [0.05, 0.1) is 16.5 Å². The normalized spacial score (nSPS) is 11.7. The second kappa shape index (κ2) is 9.15. The van der Waals surface area contributed by atoms with Gasteiger partial charge in [-0.3, -0.25) is 23.6 Å². The van der Waals surface area contributed by atoms with E-state index in [9.17, 15) is 14.4 Å². The summed E-state index contributed by atoms with van der Waals surface area (Å²) < 4.78 is 4.88. The van der Waals surface area contributed by atoms with Crippen molar-refractivity contribution in [3.05, 3.63) is 50.4 Å². The highest BCUT2D eigenvalue weighted by Gasteiger charge is 2.23. The van der Waals surface area contributed by atoms with Gasteiger partial charge >= 0.3 is 5.69 Å². The highest BCUT2D eigenvalue weighted by molar-refractivity contribution is 7.22. The van der Waals surface area contributed by atoms with Crippen molar-refractivity contribution in [1.82, 2.24) is 28.6 Å². The summed E-state index contributed by atoms with van der Waals surface area (Å²) in [5, 5.41) is 0.636. The van der Waals surface area contributed by atoms with Crippen molar-refractivity contribution in [1.29, 1.82) is 0 Å². The largest absolute Gasteiger partial charge is 0.332 e. The molecule has 0 spiro atoms. The molecule has 0 N–H and O–H groups in total. The van der Waals surface area contributed by atoms with Gasteiger partial charge in [0.1, 0.15) is 6.54 Å². The van der Waals surface area contributed by atoms with Gasteiger partial charge in [0.25, 0.3) is 5.56 Å². The number of carbonyl (C=O) groups excluding carboxylic acids is 1. The van der Waals surface area contributed by atoms with Crippen molar-refractivity contribution in [3.63, 3.8) is 0 Å². The molecule has 4 aromatic rings. The van der Waals surface area contributed by atoms with Gasteiger partial charge in [0.2, 0.25) is 5.91 Å². The zero-order chi connectivity index (χ0) is 24.7. The van der Waals surface area contributed by atoms with Crippen molar-refractivity contribution < 1.29 is 4.79 Å². The number of benzene rings is 1. The van der Waals surface area contributed by atoms with Gasteiger partial charge in [-0.25, -0.2) is 14.8 Å². The Morgan fingerprint density at radius 1 is 1.09 bits per heavy atom. The molecule has 10 nitrogen and oxygen atoms in total. The molecule has 3 aromatic heterocycles. The van der Waals surface area contributed by atoms with Gasteiger partial charge in [-0.2, -0.15) is 0 Å². The molecular weight excluding hydrogens is 454 g/mol. The zero-order valence-electron chi connectivity index (χ0n) is 20.3. The number of amides is 1. The highest BCUT2D eigenvalue weighted by atomic mass is 32.1. The van der Waals surface area contributed by atoms with Crippen molar-refractivity contribution in [2.45, 2.75) is 26.8 Å². The summed E-state index contributed by atoms with van der Waals surface area (Å²) in [6, 6.07) is 4.10. The first-order chi connectivity index (χ1) is 16.1. The number of hydrogen-bond donors (Lipinski definition) is 0. The maximum atomic E-state index is 13.6. The minimum Gasteiger partial charge on any atom is -0.315 e. The van der Waals surface area contributed by atoms with Gasteiger partial charge < -0.3 is 9.47 Å². The molecule has 0 unspecified atom stereocenters. The second-order valence-corrected chi connectivity index (χ2v) is 9.81. The van der Waals surface area contributed by atoms with E-state index in [2.05, 4.69) is 16.0 Å². The van der Waals surface area contributed by atoms with Crippen LogP contribution in [0.2, 0.25) is 0 Å². The van der Waals surface area contributed by atoms with E-state index in [1.54, 1.807) is 11.9 Å². The summed E-state index contributed by atoms with van der Waals surface area (Å²) in [6.07, 6.45) is 2.21. The Morgan fingerprint density at radius 3 is 2.53 bits per heavy atom. The molecule has 180 valence electrons. The third-order valence-corrected chi connectivity index (χ3v) is 7.16. The Hall–Kier alpha value is -3.31. The quantitative estimate of drug-likeness (QED) is 0.396. The monoisotopic (exact) mass is 483 g/mol. The van der Waals surface area contributed by atoms with Gasteiger partial charge in [-0.15, -0.1) is 0 Å². The van der Waals surface area contributed by atoms with Crippen LogP contribution in [0.5, 0.6) is 0 Å². The molecule has 0 aliphatic heterocycles. The lowest BCUT2D eigenvalue weighted by Gasteiger charge is -2.21. The second-order valence-electron chi connectivity index (χ2n) is 8.80. The number of aromatic nitrogens is 5. The van der Waals surface area contributed by atoms with Crippen LogP contribution in [0.3, 0.4) is 0 Å². The molecule has 0 aliphatic rings. The molecule has 4 rings (SSSR count). The van der Waals surface area contributed by atoms with Crippen LogP contribution in [-0.2, 0) is 25.4 Å². The van der Waals surface area contributed by atoms with Crippen LogP contribution in [0, 0.1) is 13.8 Å². The standard InChI is InChI=1S/C23H29N7O3S/c1-14-8-9-16-18(15(14)2)25-22(34-16)30(11-7-10-26(3)4)17(31)12-29-13-24-20-19(29)21(32)28(6)23(33)27(20)5/h8-9,13H,7,10-12H2,1-6H3. The van der Waals surface area contributed by atoms with Gasteiger partial charge in [0, 0.05) is 20.6 Å². The number of fused-ring (bicyclic) bond motifs is 2. The average Bonchev–Trinajstić information content (AvgIpc) is 3.41. The first-order valence-corrected chi connectivity index (χ1v) is 11.8. The predicted molar refractivity (Wildman–Crippen MR) is 135 cm³/mol. The predicted octanol–water partition coefficient (Wildman–Crippen LogP) is 1.65. The molecule has 0 saturated heterocycles. The minimum absolute atomic E-state index is 0.0835. The smallest absolute Gasteiger partial charge is 0.315 e. The van der Waals surface area contributed by atoms with Crippen molar-refractivity contribution in [2.75, 3.05) is 32.1 Å². The number of thiazole rings is 1. The van der Waals surface area contributed by atoms with Gasteiger partial charge in [-0.05, 0) is 58.1 Å². The molecule has 0 aliphatic carbocycles. The average molecular weight is 484 g/mol. The molecule has 0 bridgehead atoms. The van der Waals surface area contributed by atoms with Crippen molar-refractivity contribution in [3.8, 4) is 0 Å². The Labute approximate surface area is 200 Å². The number of aryl methyl sites for hydroxylation is 3. The summed E-state index contributed by atoms with van der Waals surface area (Å²) in [4.78, 5) is 51.4. The van der Waals surface area contributed by atoms with E-state index < -0.39 is 11.2 Å². The van der Waals surface area contributed by atoms with Crippen LogP contribution in [0.15, 0.2) is 28.0 Å². The molecule has 3 heterocycles. The third kappa shape index (κ3) is 4.16. The molecule has 0 saturated carbocycles. The summed E-state index contributed by atoms with van der Waals surface area (Å²) in [6.45, 7) is 5.32. The first kappa shape index (κ1) is 23.8. The summed E-state index contributed by atoms with van der Waals surface area (Å²) in [5.74, 6) is -0.192. The lowest BCUT2D eigenvalue weighted by atomic mass is 10.1. The van der Waals surface area contributed by atoms with Crippen molar-refractivity contribution >= 4 is 43.8 Å². The maximum Gasteiger partial charge on any atom is 0.332 e. The molecule has 0 radical (unpaired) electrons. The lowest BCUT2D eigenvalue weighted by molar-refractivity contribution is -0.119. The maximum absolute atomic E-state index is 13.6. The SMILES string of the molecule is Cc1ccc2sc(N(CCCN(C)C)C(=O)Cn3cnc4c3c(=O)n(C)c(=O)n4C)nc2c1C. The third-order valence-electron chi connectivity index (χ3n) is 6.12. The molecule has 0 fully saturated rings. The molecule has 0 atom stereocenters. The number of carbonyl (C=O) groups is 1. The molecule has 1 amide bonds. The molecule has 34 heavy (non-hydrogen) atoms. The first-order valence-electron chi connectivity index (χ1n) is 11.0. The van der Waals surface area contributed by atoms with E-state index >= 15 is 0 Å². The number of nitrogens with zero attached hydrogens (tertiary/aromatic N) is 7. The van der Waals surface area contributed by atoms with E-state index in [0.29, 0.717) is 11.7 Å². The molecule has 11 heteroatoms. The number of hydrogen-bond acceptors (Lipinski definition) is 7. The number of imidazole rings is 1. The van der Waals surface area contributed by atoms with Crippen LogP contribution in [0.1, 0.15) is 17.5 Å². The van der Waals surface area contributed by atoms with E-state index in [-0.39, 0.29) is 23.6 Å². The Kier molecular flexibility index (Phi) is 6.41. The van der Waals surface area contributed by atoms with Gasteiger partial charge in [-0.1, -0.05) is 17.4 Å². The van der Waals surface area contributed by atoms with Crippen molar-refractivity contribution in [2.24, 2.45) is 14.1 Å². The fraction of sp³-hybridized carbons (Fsp3) is 0.435. The summed E-state index contributed by atoms with van der Waals surface area (Å²) >= 11 is 1.49. The highest BCUT2D eigenvalue weighted by Crippen LogP contribution is 2.32. The van der Waals surface area contributed by atoms with Crippen LogP contribution in [0.4, 0.5) is 5.13 Å².